The van der Waals surface area contributed by atoms with Gasteiger partial charge in [0, 0.05) is 55.2 Å². The number of ether oxygens (including phenoxy) is 1. The quantitative estimate of drug-likeness (QED) is 0.484. The van der Waals surface area contributed by atoms with E-state index in [2.05, 4.69) is 39.0 Å². The second-order valence-corrected chi connectivity index (χ2v) is 10.9. The van der Waals surface area contributed by atoms with E-state index < -0.39 is 5.60 Å². The predicted octanol–water partition coefficient (Wildman–Crippen LogP) is 4.66. The van der Waals surface area contributed by atoms with Crippen LogP contribution in [0.5, 0.6) is 0 Å². The first-order chi connectivity index (χ1) is 18.0. The molecule has 2 aromatic heterocycles. The minimum absolute atomic E-state index is 0.0375. The Bertz CT molecular complexity index is 1410. The molecule has 10 nitrogen and oxygen atoms in total. The SMILES string of the molecule is CC1CN(C(=O)OC(C)(C)C)[C@H](C)CN1c1ncnc2c(-c3cc(C#N)n(C)n3)cccc12.N#CC1CC1. The van der Waals surface area contributed by atoms with Gasteiger partial charge in [-0.2, -0.15) is 15.6 Å². The van der Waals surface area contributed by atoms with Gasteiger partial charge in [-0.15, -0.1) is 0 Å². The maximum Gasteiger partial charge on any atom is 0.410 e. The van der Waals surface area contributed by atoms with E-state index in [4.69, 9.17) is 10.00 Å². The van der Waals surface area contributed by atoms with Gasteiger partial charge in [-0.25, -0.2) is 14.8 Å². The van der Waals surface area contributed by atoms with Crippen LogP contribution >= 0.6 is 0 Å². The average molecular weight is 515 g/mol. The zero-order valence-corrected chi connectivity index (χ0v) is 22.8. The fraction of sp³-hybridized carbons (Fsp3) is 0.500. The number of hydrogen-bond acceptors (Lipinski definition) is 8. The van der Waals surface area contributed by atoms with Crippen molar-refractivity contribution >= 4 is 22.8 Å². The first-order valence-electron chi connectivity index (χ1n) is 12.9. The highest BCUT2D eigenvalue weighted by molar-refractivity contribution is 5.98. The van der Waals surface area contributed by atoms with Gasteiger partial charge in [0.2, 0.25) is 0 Å². The van der Waals surface area contributed by atoms with Gasteiger partial charge in [-0.3, -0.25) is 4.68 Å². The van der Waals surface area contributed by atoms with Crippen LogP contribution in [0.3, 0.4) is 0 Å². The summed E-state index contributed by atoms with van der Waals surface area (Å²) in [7, 11) is 1.75. The molecule has 38 heavy (non-hydrogen) atoms. The molecule has 5 rings (SSSR count). The van der Waals surface area contributed by atoms with Crippen LogP contribution in [-0.2, 0) is 11.8 Å². The number of hydrogen-bond donors (Lipinski definition) is 0. The Hall–Kier alpha value is -4.18. The molecule has 0 radical (unpaired) electrons. The third-order valence-corrected chi connectivity index (χ3v) is 6.56. The van der Waals surface area contributed by atoms with Gasteiger partial charge < -0.3 is 14.5 Å². The molecule has 1 amide bonds. The number of piperazine rings is 1. The molecule has 2 aliphatic rings. The molecule has 0 spiro atoms. The highest BCUT2D eigenvalue weighted by Gasteiger charge is 2.35. The normalized spacial score (nSPS) is 19.3. The molecule has 1 saturated heterocycles. The van der Waals surface area contributed by atoms with E-state index in [1.807, 2.05) is 45.9 Å². The van der Waals surface area contributed by atoms with Crippen molar-refractivity contribution in [2.75, 3.05) is 18.0 Å². The smallest absolute Gasteiger partial charge is 0.410 e. The topological polar surface area (TPSA) is 124 Å². The van der Waals surface area contributed by atoms with Crippen molar-refractivity contribution in [2.45, 2.75) is 65.1 Å². The molecule has 0 bridgehead atoms. The van der Waals surface area contributed by atoms with Gasteiger partial charge in [-0.05, 0) is 53.5 Å². The summed E-state index contributed by atoms with van der Waals surface area (Å²) in [4.78, 5) is 25.9. The summed E-state index contributed by atoms with van der Waals surface area (Å²) in [6, 6.07) is 12.0. The zero-order chi connectivity index (χ0) is 27.6. The second kappa shape index (κ2) is 10.7. The maximum atomic E-state index is 12.7. The Labute approximate surface area is 223 Å². The molecule has 1 unspecified atom stereocenters. The number of aryl methyl sites for hydroxylation is 1. The van der Waals surface area contributed by atoms with Crippen LogP contribution in [0.25, 0.3) is 22.2 Å². The molecule has 2 fully saturated rings. The van der Waals surface area contributed by atoms with Gasteiger partial charge in [0.15, 0.2) is 0 Å². The lowest BCUT2D eigenvalue weighted by atomic mass is 10.0. The third kappa shape index (κ3) is 5.86. The number of aromatic nitrogens is 4. The maximum absolute atomic E-state index is 12.7. The standard InChI is InChI=1S/C24H29N7O2.C4H5N/c1-15-13-31(23(32)33-24(3,4)5)16(2)12-30(15)22-19-9-7-8-18(21(19)26-14-27-22)20-10-17(11-25)29(6)28-20;5-3-4-1-2-4/h7-10,14-16H,12-13H2,1-6H3;4H,1-2H2/t15?,16-;/m1./s1. The predicted molar refractivity (Wildman–Crippen MR) is 144 cm³/mol. The van der Waals surface area contributed by atoms with Crippen LogP contribution in [0.2, 0.25) is 0 Å². The van der Waals surface area contributed by atoms with E-state index in [1.165, 1.54) is 0 Å². The lowest BCUT2D eigenvalue weighted by molar-refractivity contribution is 0.0130. The molecule has 3 heterocycles. The molecule has 198 valence electrons. The molecular weight excluding hydrogens is 480 g/mol. The molecular formula is C28H34N8O2. The summed E-state index contributed by atoms with van der Waals surface area (Å²) in [5.41, 5.74) is 2.27. The van der Waals surface area contributed by atoms with Gasteiger partial charge in [0.05, 0.1) is 17.3 Å². The van der Waals surface area contributed by atoms with Crippen molar-refractivity contribution in [2.24, 2.45) is 13.0 Å². The number of amides is 1. The minimum atomic E-state index is -0.534. The Kier molecular flexibility index (Phi) is 7.54. The van der Waals surface area contributed by atoms with Gasteiger partial charge >= 0.3 is 6.09 Å². The van der Waals surface area contributed by atoms with E-state index in [9.17, 15) is 10.1 Å². The molecule has 3 aromatic rings. The third-order valence-electron chi connectivity index (χ3n) is 6.56. The molecule has 10 heteroatoms. The van der Waals surface area contributed by atoms with E-state index in [0.717, 1.165) is 35.1 Å². The Morgan fingerprint density at radius 3 is 2.42 bits per heavy atom. The van der Waals surface area contributed by atoms with Gasteiger partial charge in [-0.1, -0.05) is 12.1 Å². The summed E-state index contributed by atoms with van der Waals surface area (Å²) in [5.74, 6) is 1.26. The van der Waals surface area contributed by atoms with Crippen LogP contribution in [0.1, 0.15) is 53.2 Å². The van der Waals surface area contributed by atoms with E-state index >= 15 is 0 Å². The minimum Gasteiger partial charge on any atom is -0.444 e. The largest absolute Gasteiger partial charge is 0.444 e. The molecule has 1 saturated carbocycles. The first-order valence-corrected chi connectivity index (χ1v) is 12.9. The highest BCUT2D eigenvalue weighted by Crippen LogP contribution is 2.33. The van der Waals surface area contributed by atoms with Crippen molar-refractivity contribution < 1.29 is 9.53 Å². The molecule has 0 N–H and O–H groups in total. The summed E-state index contributed by atoms with van der Waals surface area (Å²) < 4.78 is 7.17. The van der Waals surface area contributed by atoms with Crippen LogP contribution in [0, 0.1) is 28.6 Å². The average Bonchev–Trinajstić information content (AvgIpc) is 3.64. The van der Waals surface area contributed by atoms with Crippen LogP contribution < -0.4 is 4.90 Å². The number of rotatable bonds is 2. The van der Waals surface area contributed by atoms with Crippen molar-refractivity contribution in [1.82, 2.24) is 24.6 Å². The van der Waals surface area contributed by atoms with Crippen molar-refractivity contribution in [1.29, 1.82) is 10.5 Å². The molecule has 1 aliphatic carbocycles. The van der Waals surface area contributed by atoms with Crippen LogP contribution in [-0.4, -0.2) is 61.5 Å². The van der Waals surface area contributed by atoms with Gasteiger partial charge in [0.25, 0.3) is 0 Å². The zero-order valence-electron chi connectivity index (χ0n) is 22.8. The first kappa shape index (κ1) is 26.9. The number of carbonyl (C=O) groups is 1. The Morgan fingerprint density at radius 2 is 1.84 bits per heavy atom. The lowest BCUT2D eigenvalue weighted by Crippen LogP contribution is -2.59. The van der Waals surface area contributed by atoms with Crippen LogP contribution in [0.15, 0.2) is 30.6 Å². The number of anilines is 1. The fourth-order valence-corrected chi connectivity index (χ4v) is 4.42. The van der Waals surface area contributed by atoms with E-state index in [0.29, 0.717) is 30.4 Å². The lowest BCUT2D eigenvalue weighted by Gasteiger charge is -2.44. The number of benzene rings is 1. The van der Waals surface area contributed by atoms with E-state index in [1.54, 1.807) is 29.0 Å². The number of para-hydroxylation sites is 1. The number of nitriles is 2. The fourth-order valence-electron chi connectivity index (χ4n) is 4.42. The number of carbonyl (C=O) groups excluding carboxylic acids is 1. The Morgan fingerprint density at radius 1 is 1.11 bits per heavy atom. The van der Waals surface area contributed by atoms with Gasteiger partial charge in [0.1, 0.15) is 29.5 Å². The molecule has 1 aromatic carbocycles. The molecule has 1 aliphatic heterocycles. The summed E-state index contributed by atoms with van der Waals surface area (Å²) in [6.45, 7) is 10.9. The number of fused-ring (bicyclic) bond motifs is 1. The summed E-state index contributed by atoms with van der Waals surface area (Å²) in [6.07, 6.45) is 3.57. The van der Waals surface area contributed by atoms with Crippen molar-refractivity contribution in [3.05, 3.63) is 36.3 Å². The Balaban J connectivity index is 0.000000603. The van der Waals surface area contributed by atoms with Crippen molar-refractivity contribution in [3.8, 4) is 23.4 Å². The molecule has 2 atom stereocenters. The summed E-state index contributed by atoms with van der Waals surface area (Å²) >= 11 is 0. The van der Waals surface area contributed by atoms with Crippen molar-refractivity contribution in [3.63, 3.8) is 0 Å². The summed E-state index contributed by atoms with van der Waals surface area (Å²) in [5, 5.41) is 22.7. The highest BCUT2D eigenvalue weighted by atomic mass is 16.6. The number of nitrogens with zero attached hydrogens (tertiary/aromatic N) is 8. The second-order valence-electron chi connectivity index (χ2n) is 10.9. The monoisotopic (exact) mass is 514 g/mol. The van der Waals surface area contributed by atoms with E-state index in [-0.39, 0.29) is 18.2 Å². The van der Waals surface area contributed by atoms with Crippen LogP contribution in [0.4, 0.5) is 10.6 Å².